The monoisotopic (exact) mass is 536 g/mol. The summed E-state index contributed by atoms with van der Waals surface area (Å²) in [6.45, 7) is 2.24. The molecule has 0 aliphatic carbocycles. The van der Waals surface area contributed by atoms with E-state index in [2.05, 4.69) is 9.88 Å². The molecular formula is C26H30ClFN2O3S2. The Morgan fingerprint density at radius 2 is 2.26 bits per heavy atom. The number of alkyl halides is 1. The number of benzene rings is 1. The normalized spacial score (nSPS) is 19.6. The lowest BCUT2D eigenvalue weighted by Gasteiger charge is -2.36. The van der Waals surface area contributed by atoms with Crippen molar-refractivity contribution in [3.63, 3.8) is 0 Å². The maximum atomic E-state index is 15.4. The second-order valence-corrected chi connectivity index (χ2v) is 11.6. The van der Waals surface area contributed by atoms with Crippen molar-refractivity contribution in [3.8, 4) is 5.75 Å². The number of thioether (sulfide) groups is 1. The van der Waals surface area contributed by atoms with Crippen LogP contribution in [0.5, 0.6) is 5.75 Å². The number of pyridine rings is 1. The third-order valence-corrected chi connectivity index (χ3v) is 9.57. The number of hydrogen-bond acceptors (Lipinski definition) is 6. The average molecular weight is 537 g/mol. The molecule has 1 aliphatic heterocycles. The van der Waals surface area contributed by atoms with Crippen molar-refractivity contribution in [2.24, 2.45) is 11.8 Å². The summed E-state index contributed by atoms with van der Waals surface area (Å²) in [6.07, 6.45) is 3.04. The molecule has 0 unspecified atom stereocenters. The number of thiophene rings is 1. The van der Waals surface area contributed by atoms with Crippen LogP contribution >= 0.6 is 34.7 Å². The maximum absolute atomic E-state index is 15.4. The number of aliphatic carboxylic acids is 1. The predicted octanol–water partition coefficient (Wildman–Crippen LogP) is 6.95. The van der Waals surface area contributed by atoms with Crippen molar-refractivity contribution in [1.82, 2.24) is 9.88 Å². The molecule has 0 saturated carbocycles. The molecule has 1 aromatic carbocycles. The van der Waals surface area contributed by atoms with E-state index in [4.69, 9.17) is 16.3 Å². The molecule has 9 heteroatoms. The Morgan fingerprint density at radius 1 is 1.40 bits per heavy atom. The number of aromatic nitrogens is 1. The van der Waals surface area contributed by atoms with Gasteiger partial charge in [0.05, 0.1) is 27.8 Å². The van der Waals surface area contributed by atoms with Crippen LogP contribution in [0.25, 0.3) is 10.9 Å². The molecule has 0 amide bonds. The van der Waals surface area contributed by atoms with Gasteiger partial charge in [0.2, 0.25) is 0 Å². The summed E-state index contributed by atoms with van der Waals surface area (Å²) in [5.74, 6) is 0.336. The lowest BCUT2D eigenvalue weighted by molar-refractivity contribution is -0.146. The number of carboxylic acids is 1. The molecule has 3 heterocycles. The first kappa shape index (κ1) is 26.2. The fourth-order valence-electron chi connectivity index (χ4n) is 4.79. The highest BCUT2D eigenvalue weighted by Crippen LogP contribution is 2.36. The van der Waals surface area contributed by atoms with Crippen LogP contribution in [0.4, 0.5) is 4.39 Å². The first-order valence-electron chi connectivity index (χ1n) is 11.8. The lowest BCUT2D eigenvalue weighted by Crippen LogP contribution is -2.44. The molecular weight excluding hydrogens is 507 g/mol. The summed E-state index contributed by atoms with van der Waals surface area (Å²) >= 11 is 9.55. The molecule has 0 radical (unpaired) electrons. The van der Waals surface area contributed by atoms with E-state index in [1.165, 1.54) is 0 Å². The summed E-state index contributed by atoms with van der Waals surface area (Å²) in [4.78, 5) is 18.6. The fourth-order valence-corrected chi connectivity index (χ4v) is 7.09. The van der Waals surface area contributed by atoms with E-state index in [0.717, 1.165) is 51.8 Å². The number of halogens is 2. The van der Waals surface area contributed by atoms with Gasteiger partial charge in [-0.05, 0) is 86.0 Å². The Balaban J connectivity index is 1.30. The first-order valence-corrected chi connectivity index (χ1v) is 14.1. The van der Waals surface area contributed by atoms with E-state index in [1.807, 2.05) is 29.6 Å². The van der Waals surface area contributed by atoms with Crippen LogP contribution in [-0.4, -0.2) is 53.5 Å². The highest BCUT2D eigenvalue weighted by atomic mass is 35.5. The molecule has 0 spiro atoms. The van der Waals surface area contributed by atoms with Crippen molar-refractivity contribution in [2.75, 3.05) is 32.5 Å². The molecule has 1 fully saturated rings. The number of fused-ring (bicyclic) bond motifs is 1. The molecule has 5 nitrogen and oxygen atoms in total. The van der Waals surface area contributed by atoms with Gasteiger partial charge in [0.1, 0.15) is 11.9 Å². The van der Waals surface area contributed by atoms with Crippen molar-refractivity contribution < 1.29 is 19.0 Å². The molecule has 1 aliphatic rings. The Kier molecular flexibility index (Phi) is 9.27. The number of hydrogen-bond donors (Lipinski definition) is 1. The lowest BCUT2D eigenvalue weighted by atomic mass is 9.81. The Bertz CT molecular complexity index is 1140. The van der Waals surface area contributed by atoms with Crippen LogP contribution in [0.3, 0.4) is 0 Å². The van der Waals surface area contributed by atoms with Gasteiger partial charge in [-0.1, -0.05) is 11.6 Å². The molecule has 2 aromatic heterocycles. The van der Waals surface area contributed by atoms with E-state index in [-0.39, 0.29) is 5.92 Å². The van der Waals surface area contributed by atoms with Crippen LogP contribution in [0.2, 0.25) is 5.02 Å². The van der Waals surface area contributed by atoms with Gasteiger partial charge in [-0.2, -0.15) is 0 Å². The smallest absolute Gasteiger partial charge is 0.308 e. The highest BCUT2D eigenvalue weighted by Gasteiger charge is 2.34. The molecule has 1 N–H and O–H groups in total. The SMILES string of the molecule is COc1ccc2nccc([C@H](F)CC[C@@H]3CCN(CCCSc4sccc4Cl)C[C@@H]3C(=O)O)c2c1. The highest BCUT2D eigenvalue weighted by molar-refractivity contribution is 8.01. The third-order valence-electron chi connectivity index (χ3n) is 6.70. The van der Waals surface area contributed by atoms with Crippen molar-refractivity contribution in [1.29, 1.82) is 0 Å². The van der Waals surface area contributed by atoms with Crippen molar-refractivity contribution in [3.05, 3.63) is 52.5 Å². The number of nitrogens with zero attached hydrogens (tertiary/aromatic N) is 2. The third kappa shape index (κ3) is 6.67. The molecule has 188 valence electrons. The summed E-state index contributed by atoms with van der Waals surface area (Å²) in [5, 5.41) is 13.4. The van der Waals surface area contributed by atoms with Gasteiger partial charge in [0.15, 0.2) is 0 Å². The second-order valence-electron chi connectivity index (χ2n) is 8.88. The zero-order valence-corrected chi connectivity index (χ0v) is 22.0. The van der Waals surface area contributed by atoms with E-state index >= 15 is 4.39 Å². The summed E-state index contributed by atoms with van der Waals surface area (Å²) < 4.78 is 21.8. The second kappa shape index (κ2) is 12.4. The van der Waals surface area contributed by atoms with E-state index in [0.29, 0.717) is 30.7 Å². The van der Waals surface area contributed by atoms with E-state index in [1.54, 1.807) is 42.5 Å². The van der Waals surface area contributed by atoms with Gasteiger partial charge in [-0.15, -0.1) is 23.1 Å². The quantitative estimate of drug-likeness (QED) is 0.211. The predicted molar refractivity (Wildman–Crippen MR) is 142 cm³/mol. The number of likely N-dealkylation sites (tertiary alicyclic amines) is 1. The van der Waals surface area contributed by atoms with Crippen molar-refractivity contribution in [2.45, 2.75) is 36.1 Å². The number of ether oxygens (including phenoxy) is 1. The molecule has 3 atom stereocenters. The topological polar surface area (TPSA) is 62.7 Å². The number of carboxylic acid groups (broad SMARTS) is 1. The number of piperidine rings is 1. The largest absolute Gasteiger partial charge is 0.497 e. The zero-order valence-electron chi connectivity index (χ0n) is 19.7. The average Bonchev–Trinajstić information content (AvgIpc) is 3.29. The minimum Gasteiger partial charge on any atom is -0.497 e. The van der Waals surface area contributed by atoms with Gasteiger partial charge >= 0.3 is 5.97 Å². The zero-order chi connectivity index (χ0) is 24.8. The van der Waals surface area contributed by atoms with Crippen LogP contribution in [0.15, 0.2) is 46.1 Å². The molecule has 3 aromatic rings. The van der Waals surface area contributed by atoms with Gasteiger partial charge in [0.25, 0.3) is 0 Å². The van der Waals surface area contributed by atoms with Crippen LogP contribution in [-0.2, 0) is 4.79 Å². The fraction of sp³-hybridized carbons (Fsp3) is 0.462. The Hall–Kier alpha value is -1.87. The van der Waals surface area contributed by atoms with Gasteiger partial charge < -0.3 is 14.7 Å². The number of methoxy groups -OCH3 is 1. The Labute approximate surface area is 218 Å². The van der Waals surface area contributed by atoms with Gasteiger partial charge in [-0.25, -0.2) is 4.39 Å². The van der Waals surface area contributed by atoms with Crippen LogP contribution in [0, 0.1) is 11.8 Å². The molecule has 0 bridgehead atoms. The van der Waals surface area contributed by atoms with E-state index < -0.39 is 18.1 Å². The standard InChI is InChI=1S/C26H30ClFN2O3S2/c1-33-18-4-6-24-20(15-18)19(7-10-29-24)23(28)5-3-17-8-12-30(16-21(17)25(31)32)11-2-13-34-26-22(27)9-14-35-26/h4,6-7,9-10,14-15,17,21,23H,2-3,5,8,11-13,16H2,1H3,(H,31,32)/t17-,21+,23-/m1/s1. The summed E-state index contributed by atoms with van der Waals surface area (Å²) in [6, 6.07) is 9.08. The number of rotatable bonds is 11. The molecule has 4 rings (SSSR count). The van der Waals surface area contributed by atoms with Gasteiger partial charge in [0, 0.05) is 23.9 Å². The van der Waals surface area contributed by atoms with Crippen LogP contribution in [0.1, 0.15) is 37.4 Å². The summed E-state index contributed by atoms with van der Waals surface area (Å²) in [7, 11) is 1.58. The Morgan fingerprint density at radius 3 is 3.00 bits per heavy atom. The number of carbonyl (C=O) groups is 1. The minimum atomic E-state index is -1.18. The first-order chi connectivity index (χ1) is 17.0. The molecule has 35 heavy (non-hydrogen) atoms. The van der Waals surface area contributed by atoms with Crippen LogP contribution < -0.4 is 4.74 Å². The minimum absolute atomic E-state index is 0.0241. The summed E-state index contributed by atoms with van der Waals surface area (Å²) in [5.41, 5.74) is 1.31. The maximum Gasteiger partial charge on any atom is 0.308 e. The van der Waals surface area contributed by atoms with Gasteiger partial charge in [-0.3, -0.25) is 9.78 Å². The molecule has 1 saturated heterocycles. The van der Waals surface area contributed by atoms with Crippen molar-refractivity contribution >= 4 is 51.6 Å². The van der Waals surface area contributed by atoms with E-state index in [9.17, 15) is 9.90 Å².